The van der Waals surface area contributed by atoms with Crippen molar-refractivity contribution >= 4 is 0 Å². The minimum atomic E-state index is 0.841. The maximum Gasteiger partial charge on any atom is 0.0495 e. The molecule has 0 aromatic heterocycles. The Hall–Kier alpha value is -0.120. The van der Waals surface area contributed by atoms with Gasteiger partial charge in [-0.1, -0.05) is 6.92 Å². The highest BCUT2D eigenvalue weighted by Crippen LogP contribution is 2.17. The second-order valence-electron chi connectivity index (χ2n) is 5.20. The van der Waals surface area contributed by atoms with Gasteiger partial charge < -0.3 is 14.5 Å². The highest BCUT2D eigenvalue weighted by molar-refractivity contribution is 4.73. The molecule has 3 nitrogen and oxygen atoms in total. The smallest absolute Gasteiger partial charge is 0.0495 e. The molecule has 0 aromatic carbocycles. The van der Waals surface area contributed by atoms with E-state index < -0.39 is 0 Å². The van der Waals surface area contributed by atoms with Crippen LogP contribution in [-0.2, 0) is 4.74 Å². The van der Waals surface area contributed by atoms with E-state index in [1.807, 2.05) is 0 Å². The molecule has 0 bridgehead atoms. The van der Waals surface area contributed by atoms with Crippen molar-refractivity contribution < 1.29 is 4.74 Å². The molecule has 2 heterocycles. The minimum Gasteiger partial charge on any atom is -0.381 e. The molecule has 0 N–H and O–H groups in total. The molecule has 0 aromatic rings. The second-order valence-corrected chi connectivity index (χ2v) is 5.20. The van der Waals surface area contributed by atoms with E-state index in [0.29, 0.717) is 0 Å². The van der Waals surface area contributed by atoms with Crippen LogP contribution in [0.5, 0.6) is 0 Å². The normalized spacial score (nSPS) is 28.7. The number of hydrogen-bond donors (Lipinski definition) is 0. The van der Waals surface area contributed by atoms with Gasteiger partial charge in [0.1, 0.15) is 0 Å². The molecule has 2 aliphatic heterocycles. The summed E-state index contributed by atoms with van der Waals surface area (Å²) in [7, 11) is 0. The van der Waals surface area contributed by atoms with E-state index in [0.717, 1.165) is 19.1 Å². The van der Waals surface area contributed by atoms with Crippen LogP contribution >= 0.6 is 0 Å². The van der Waals surface area contributed by atoms with Crippen LogP contribution in [0.15, 0.2) is 0 Å². The van der Waals surface area contributed by atoms with E-state index in [9.17, 15) is 0 Å². The largest absolute Gasteiger partial charge is 0.381 e. The zero-order chi connectivity index (χ0) is 11.2. The van der Waals surface area contributed by atoms with Crippen LogP contribution in [0, 0.1) is 5.92 Å². The third-order valence-corrected chi connectivity index (χ3v) is 3.88. The Kier molecular flexibility index (Phi) is 5.07. The summed E-state index contributed by atoms with van der Waals surface area (Å²) < 4.78 is 5.42. The average Bonchev–Trinajstić information content (AvgIpc) is 2.82. The summed E-state index contributed by atoms with van der Waals surface area (Å²) in [6.07, 6.45) is 3.92. The third kappa shape index (κ3) is 3.72. The van der Waals surface area contributed by atoms with Gasteiger partial charge in [0.25, 0.3) is 0 Å². The summed E-state index contributed by atoms with van der Waals surface area (Å²) in [4.78, 5) is 5.22. The van der Waals surface area contributed by atoms with Crippen molar-refractivity contribution in [3.63, 3.8) is 0 Å². The molecule has 1 atom stereocenters. The first-order valence-corrected chi connectivity index (χ1v) is 6.91. The summed E-state index contributed by atoms with van der Waals surface area (Å²) in [6, 6.07) is 0. The molecule has 0 spiro atoms. The van der Waals surface area contributed by atoms with E-state index in [-0.39, 0.29) is 0 Å². The molecule has 1 unspecified atom stereocenters. The topological polar surface area (TPSA) is 15.7 Å². The molecule has 2 fully saturated rings. The van der Waals surface area contributed by atoms with Crippen molar-refractivity contribution in [1.82, 2.24) is 9.80 Å². The van der Waals surface area contributed by atoms with E-state index in [1.54, 1.807) is 0 Å². The molecular formula is C13H26N2O. The number of nitrogens with zero attached hydrogens (tertiary/aromatic N) is 2. The first kappa shape index (κ1) is 12.3. The number of hydrogen-bond acceptors (Lipinski definition) is 3. The highest BCUT2D eigenvalue weighted by Gasteiger charge is 2.19. The standard InChI is InChI=1S/C13H26N2O/c1-2-5-14-7-9-15(10-8-14)6-3-13-4-11-16-12-13/h13H,2-12H2,1H3. The van der Waals surface area contributed by atoms with Crippen LogP contribution in [-0.4, -0.2) is 62.3 Å². The van der Waals surface area contributed by atoms with Gasteiger partial charge in [0.2, 0.25) is 0 Å². The summed E-state index contributed by atoms with van der Waals surface area (Å²) in [6.45, 7) is 11.9. The van der Waals surface area contributed by atoms with Gasteiger partial charge in [0.05, 0.1) is 0 Å². The Morgan fingerprint density at radius 2 is 1.75 bits per heavy atom. The maximum atomic E-state index is 5.42. The van der Waals surface area contributed by atoms with Crippen LogP contribution in [0.3, 0.4) is 0 Å². The van der Waals surface area contributed by atoms with Crippen LogP contribution in [0.1, 0.15) is 26.2 Å². The fourth-order valence-electron chi connectivity index (χ4n) is 2.73. The van der Waals surface area contributed by atoms with Gasteiger partial charge in [-0.3, -0.25) is 0 Å². The SMILES string of the molecule is CCCN1CCN(CCC2CCOC2)CC1. The summed E-state index contributed by atoms with van der Waals surface area (Å²) in [5.41, 5.74) is 0. The Labute approximate surface area is 99.7 Å². The fraction of sp³-hybridized carbons (Fsp3) is 1.00. The lowest BCUT2D eigenvalue weighted by molar-refractivity contribution is 0.124. The lowest BCUT2D eigenvalue weighted by Gasteiger charge is -2.34. The molecule has 0 amide bonds. The fourth-order valence-corrected chi connectivity index (χ4v) is 2.73. The van der Waals surface area contributed by atoms with Gasteiger partial charge in [-0.25, -0.2) is 0 Å². The van der Waals surface area contributed by atoms with E-state index in [2.05, 4.69) is 16.7 Å². The second kappa shape index (κ2) is 6.58. The van der Waals surface area contributed by atoms with E-state index in [4.69, 9.17) is 4.74 Å². The van der Waals surface area contributed by atoms with Gasteiger partial charge in [-0.05, 0) is 38.3 Å². The van der Waals surface area contributed by atoms with E-state index in [1.165, 1.54) is 58.5 Å². The third-order valence-electron chi connectivity index (χ3n) is 3.88. The monoisotopic (exact) mass is 226 g/mol. The predicted molar refractivity (Wildman–Crippen MR) is 66.7 cm³/mol. The minimum absolute atomic E-state index is 0.841. The Bertz CT molecular complexity index is 184. The lowest BCUT2D eigenvalue weighted by atomic mass is 10.0. The zero-order valence-corrected chi connectivity index (χ0v) is 10.7. The Morgan fingerprint density at radius 3 is 2.31 bits per heavy atom. The zero-order valence-electron chi connectivity index (χ0n) is 10.7. The van der Waals surface area contributed by atoms with Gasteiger partial charge in [-0.15, -0.1) is 0 Å². The highest BCUT2D eigenvalue weighted by atomic mass is 16.5. The average molecular weight is 226 g/mol. The summed E-state index contributed by atoms with van der Waals surface area (Å²) in [5.74, 6) is 0.841. The molecule has 0 aliphatic carbocycles. The van der Waals surface area contributed by atoms with Crippen LogP contribution < -0.4 is 0 Å². The summed E-state index contributed by atoms with van der Waals surface area (Å²) in [5, 5.41) is 0. The quantitative estimate of drug-likeness (QED) is 0.705. The van der Waals surface area contributed by atoms with Crippen molar-refractivity contribution in [2.75, 3.05) is 52.5 Å². The molecule has 16 heavy (non-hydrogen) atoms. The molecular weight excluding hydrogens is 200 g/mol. The van der Waals surface area contributed by atoms with Gasteiger partial charge in [0.15, 0.2) is 0 Å². The predicted octanol–water partition coefficient (Wildman–Crippen LogP) is 1.44. The van der Waals surface area contributed by atoms with Crippen molar-refractivity contribution in [1.29, 1.82) is 0 Å². The van der Waals surface area contributed by atoms with Gasteiger partial charge in [0, 0.05) is 39.4 Å². The van der Waals surface area contributed by atoms with E-state index >= 15 is 0 Å². The number of piperazine rings is 1. The number of ether oxygens (including phenoxy) is 1. The first-order valence-electron chi connectivity index (χ1n) is 6.91. The molecule has 2 saturated heterocycles. The first-order chi connectivity index (χ1) is 7.88. The number of rotatable bonds is 5. The van der Waals surface area contributed by atoms with Gasteiger partial charge >= 0.3 is 0 Å². The van der Waals surface area contributed by atoms with Crippen molar-refractivity contribution in [2.24, 2.45) is 5.92 Å². The summed E-state index contributed by atoms with van der Waals surface area (Å²) >= 11 is 0. The Balaban J connectivity index is 1.57. The molecule has 2 aliphatic rings. The lowest BCUT2D eigenvalue weighted by Crippen LogP contribution is -2.46. The van der Waals surface area contributed by atoms with Crippen LogP contribution in [0.4, 0.5) is 0 Å². The molecule has 0 saturated carbocycles. The van der Waals surface area contributed by atoms with Crippen LogP contribution in [0.2, 0.25) is 0 Å². The Morgan fingerprint density at radius 1 is 1.06 bits per heavy atom. The van der Waals surface area contributed by atoms with Gasteiger partial charge in [-0.2, -0.15) is 0 Å². The molecule has 0 radical (unpaired) electrons. The van der Waals surface area contributed by atoms with Crippen molar-refractivity contribution in [2.45, 2.75) is 26.2 Å². The molecule has 3 heteroatoms. The van der Waals surface area contributed by atoms with Crippen molar-refractivity contribution in [3.8, 4) is 0 Å². The maximum absolute atomic E-state index is 5.42. The van der Waals surface area contributed by atoms with Crippen molar-refractivity contribution in [3.05, 3.63) is 0 Å². The van der Waals surface area contributed by atoms with Crippen LogP contribution in [0.25, 0.3) is 0 Å². The molecule has 2 rings (SSSR count). The molecule has 94 valence electrons.